The zero-order valence-corrected chi connectivity index (χ0v) is 18.9. The van der Waals surface area contributed by atoms with Gasteiger partial charge in [0.25, 0.3) is 0 Å². The van der Waals surface area contributed by atoms with Gasteiger partial charge in [-0.2, -0.15) is 0 Å². The average Bonchev–Trinajstić information content (AvgIpc) is 3.32. The molecule has 6 nitrogen and oxygen atoms in total. The van der Waals surface area contributed by atoms with Gasteiger partial charge in [0.05, 0.1) is 44.2 Å². The van der Waals surface area contributed by atoms with Crippen molar-refractivity contribution in [1.29, 1.82) is 0 Å². The first-order valence-electron chi connectivity index (χ1n) is 11.2. The quantitative estimate of drug-likeness (QED) is 0.553. The number of rotatable bonds is 9. The fourth-order valence-corrected chi connectivity index (χ4v) is 4.38. The molecule has 2 N–H and O–H groups in total. The number of aliphatic hydroxyl groups is 2. The maximum atomic E-state index is 10.1. The standard InChI is InChI=1S/C25H31ClO6/c26-24-6-3-18(25-14-20(28)13-23(15-27)32-25)12-19(24)11-17-1-4-21(5-2-17)30-9-10-31-22-7-8-29-16-22/h1-6,12,20,22-23,25,27-28H,7-11,13-16H2. The minimum Gasteiger partial charge on any atom is -0.491 e. The summed E-state index contributed by atoms with van der Waals surface area (Å²) in [5, 5.41) is 20.2. The molecule has 0 amide bonds. The molecular weight excluding hydrogens is 432 g/mol. The van der Waals surface area contributed by atoms with E-state index in [1.54, 1.807) is 0 Å². The summed E-state index contributed by atoms with van der Waals surface area (Å²) >= 11 is 6.46. The van der Waals surface area contributed by atoms with Crippen molar-refractivity contribution < 1.29 is 29.2 Å². The summed E-state index contributed by atoms with van der Waals surface area (Å²) in [7, 11) is 0. The Hall–Kier alpha value is -1.67. The summed E-state index contributed by atoms with van der Waals surface area (Å²) in [6.45, 7) is 2.41. The van der Waals surface area contributed by atoms with Crippen LogP contribution in [0.1, 0.15) is 42.1 Å². The molecular formula is C25H31ClO6. The molecule has 0 radical (unpaired) electrons. The zero-order chi connectivity index (χ0) is 22.3. The van der Waals surface area contributed by atoms with Gasteiger partial charge in [-0.1, -0.05) is 35.9 Å². The van der Waals surface area contributed by atoms with E-state index in [1.165, 1.54) is 0 Å². The van der Waals surface area contributed by atoms with Crippen LogP contribution in [0.25, 0.3) is 0 Å². The molecule has 7 heteroatoms. The molecule has 2 aliphatic heterocycles. The third kappa shape index (κ3) is 6.44. The Labute approximate surface area is 194 Å². The van der Waals surface area contributed by atoms with Crippen molar-refractivity contribution >= 4 is 11.6 Å². The van der Waals surface area contributed by atoms with Crippen LogP contribution in [0.4, 0.5) is 0 Å². The minimum absolute atomic E-state index is 0.0937. The van der Waals surface area contributed by atoms with Gasteiger partial charge in [0, 0.05) is 24.5 Å². The lowest BCUT2D eigenvalue weighted by molar-refractivity contribution is -0.113. The molecule has 2 saturated heterocycles. The van der Waals surface area contributed by atoms with Crippen molar-refractivity contribution in [2.75, 3.05) is 33.0 Å². The summed E-state index contributed by atoms with van der Waals surface area (Å²) < 4.78 is 22.7. The van der Waals surface area contributed by atoms with Crippen LogP contribution in [0.5, 0.6) is 5.75 Å². The number of hydrogen-bond acceptors (Lipinski definition) is 6. The molecule has 4 unspecified atom stereocenters. The molecule has 0 bridgehead atoms. The smallest absolute Gasteiger partial charge is 0.119 e. The van der Waals surface area contributed by atoms with E-state index in [9.17, 15) is 10.2 Å². The SMILES string of the molecule is OCC1CC(O)CC(c2ccc(Cl)c(Cc3ccc(OCCOC4CCOC4)cc3)c2)O1. The molecule has 0 spiro atoms. The number of halogens is 1. The summed E-state index contributed by atoms with van der Waals surface area (Å²) in [5.41, 5.74) is 3.08. The van der Waals surface area contributed by atoms with Crippen LogP contribution in [-0.4, -0.2) is 61.6 Å². The Balaban J connectivity index is 1.32. The van der Waals surface area contributed by atoms with Crippen molar-refractivity contribution in [2.24, 2.45) is 0 Å². The van der Waals surface area contributed by atoms with Gasteiger partial charge in [-0.15, -0.1) is 0 Å². The molecule has 0 aromatic heterocycles. The molecule has 2 aliphatic rings. The van der Waals surface area contributed by atoms with E-state index in [0.717, 1.165) is 35.5 Å². The average molecular weight is 463 g/mol. The highest BCUT2D eigenvalue weighted by molar-refractivity contribution is 6.31. The molecule has 174 valence electrons. The normalized spacial score (nSPS) is 25.7. The Morgan fingerprint density at radius 2 is 1.91 bits per heavy atom. The van der Waals surface area contributed by atoms with E-state index in [2.05, 4.69) is 0 Å². The predicted molar refractivity (Wildman–Crippen MR) is 121 cm³/mol. The molecule has 4 rings (SSSR count). The topological polar surface area (TPSA) is 77.4 Å². The second kappa shape index (κ2) is 11.5. The van der Waals surface area contributed by atoms with E-state index in [1.807, 2.05) is 42.5 Å². The van der Waals surface area contributed by atoms with Crippen LogP contribution in [0.3, 0.4) is 0 Å². The summed E-state index contributed by atoms with van der Waals surface area (Å²) in [4.78, 5) is 0. The van der Waals surface area contributed by atoms with Gasteiger partial charge >= 0.3 is 0 Å². The van der Waals surface area contributed by atoms with Crippen molar-refractivity contribution in [3.8, 4) is 5.75 Å². The van der Waals surface area contributed by atoms with Crippen LogP contribution in [0, 0.1) is 0 Å². The molecule has 0 saturated carbocycles. The lowest BCUT2D eigenvalue weighted by Crippen LogP contribution is -2.33. The first kappa shape index (κ1) is 23.5. The van der Waals surface area contributed by atoms with Crippen molar-refractivity contribution in [2.45, 2.75) is 50.1 Å². The second-order valence-corrected chi connectivity index (χ2v) is 8.84. The Bertz CT molecular complexity index is 852. The fourth-order valence-electron chi connectivity index (χ4n) is 4.19. The van der Waals surface area contributed by atoms with Crippen molar-refractivity contribution in [3.05, 3.63) is 64.2 Å². The Morgan fingerprint density at radius 3 is 2.66 bits per heavy atom. The molecule has 2 aromatic rings. The van der Waals surface area contributed by atoms with Crippen LogP contribution >= 0.6 is 11.6 Å². The van der Waals surface area contributed by atoms with Gasteiger partial charge in [-0.25, -0.2) is 0 Å². The third-order valence-electron chi connectivity index (χ3n) is 5.93. The highest BCUT2D eigenvalue weighted by Gasteiger charge is 2.29. The van der Waals surface area contributed by atoms with Crippen LogP contribution in [0.15, 0.2) is 42.5 Å². The fraction of sp³-hybridized carbons (Fsp3) is 0.520. The molecule has 4 atom stereocenters. The summed E-state index contributed by atoms with van der Waals surface area (Å²) in [6.07, 6.45) is 1.73. The van der Waals surface area contributed by atoms with Gasteiger partial charge < -0.3 is 29.2 Å². The van der Waals surface area contributed by atoms with Crippen LogP contribution in [0.2, 0.25) is 5.02 Å². The minimum atomic E-state index is -0.477. The molecule has 2 aromatic carbocycles. The van der Waals surface area contributed by atoms with E-state index in [-0.39, 0.29) is 24.9 Å². The second-order valence-electron chi connectivity index (χ2n) is 8.43. The van der Waals surface area contributed by atoms with Crippen LogP contribution < -0.4 is 4.74 Å². The third-order valence-corrected chi connectivity index (χ3v) is 6.30. The van der Waals surface area contributed by atoms with Gasteiger partial charge in [0.15, 0.2) is 0 Å². The first-order valence-corrected chi connectivity index (χ1v) is 11.6. The number of ether oxygens (including phenoxy) is 4. The summed E-state index contributed by atoms with van der Waals surface area (Å²) in [6, 6.07) is 13.8. The van der Waals surface area contributed by atoms with E-state index in [0.29, 0.717) is 44.1 Å². The summed E-state index contributed by atoms with van der Waals surface area (Å²) in [5.74, 6) is 0.805. The Kier molecular flexibility index (Phi) is 8.41. The number of aliphatic hydroxyl groups excluding tert-OH is 2. The molecule has 32 heavy (non-hydrogen) atoms. The molecule has 0 aliphatic carbocycles. The highest BCUT2D eigenvalue weighted by atomic mass is 35.5. The van der Waals surface area contributed by atoms with E-state index >= 15 is 0 Å². The van der Waals surface area contributed by atoms with E-state index in [4.69, 9.17) is 30.5 Å². The zero-order valence-electron chi connectivity index (χ0n) is 18.1. The van der Waals surface area contributed by atoms with Gasteiger partial charge in [-0.05, 0) is 47.7 Å². The largest absolute Gasteiger partial charge is 0.491 e. The van der Waals surface area contributed by atoms with E-state index < -0.39 is 6.10 Å². The highest BCUT2D eigenvalue weighted by Crippen LogP contribution is 2.33. The van der Waals surface area contributed by atoms with Crippen LogP contribution in [-0.2, 0) is 20.6 Å². The van der Waals surface area contributed by atoms with Crippen molar-refractivity contribution in [1.82, 2.24) is 0 Å². The van der Waals surface area contributed by atoms with Gasteiger partial charge in [0.1, 0.15) is 12.4 Å². The monoisotopic (exact) mass is 462 g/mol. The maximum absolute atomic E-state index is 10.1. The predicted octanol–water partition coefficient (Wildman–Crippen LogP) is 3.69. The molecule has 2 fully saturated rings. The Morgan fingerprint density at radius 1 is 1.06 bits per heavy atom. The first-order chi connectivity index (χ1) is 15.6. The maximum Gasteiger partial charge on any atom is 0.119 e. The number of hydrogen-bond donors (Lipinski definition) is 2. The lowest BCUT2D eigenvalue weighted by Gasteiger charge is -2.32. The van der Waals surface area contributed by atoms with Gasteiger partial charge in [-0.3, -0.25) is 0 Å². The van der Waals surface area contributed by atoms with Gasteiger partial charge in [0.2, 0.25) is 0 Å². The molecule has 2 heterocycles. The number of benzene rings is 2. The lowest BCUT2D eigenvalue weighted by atomic mass is 9.94. The van der Waals surface area contributed by atoms with Crippen molar-refractivity contribution in [3.63, 3.8) is 0 Å².